The minimum Gasteiger partial charge on any atom is -0.481 e. The minimum atomic E-state index is -0.722. The lowest BCUT2D eigenvalue weighted by Crippen LogP contribution is -2.56. The van der Waals surface area contributed by atoms with E-state index in [1.807, 2.05) is 0 Å². The standard InChI is InChI=1S/C11H20O4.C10H21N/c1-15-11(14)9-7-5-3-2-4-6-8-10(12)13;1-9(2)7-6-8-10(3,4)11(9)5/h2-9H2,1H3,(H,12,13);6-8H2,1-5H3. The van der Waals surface area contributed by atoms with Crippen molar-refractivity contribution < 1.29 is 19.4 Å². The van der Waals surface area contributed by atoms with Crippen LogP contribution in [0.1, 0.15) is 98.3 Å². The summed E-state index contributed by atoms with van der Waals surface area (Å²) >= 11 is 0. The van der Waals surface area contributed by atoms with Gasteiger partial charge in [-0.25, -0.2) is 0 Å². The highest BCUT2D eigenvalue weighted by Gasteiger charge is 2.38. The van der Waals surface area contributed by atoms with Gasteiger partial charge in [0.15, 0.2) is 0 Å². The second-order valence-electron chi connectivity index (χ2n) is 8.63. The van der Waals surface area contributed by atoms with Crippen molar-refractivity contribution in [1.82, 2.24) is 4.90 Å². The summed E-state index contributed by atoms with van der Waals surface area (Å²) in [5, 5.41) is 8.39. The largest absolute Gasteiger partial charge is 0.481 e. The molecule has 1 rings (SSSR count). The fourth-order valence-electron chi connectivity index (χ4n) is 3.46. The Balaban J connectivity index is 0.000000502. The number of nitrogens with zero attached hydrogens (tertiary/aromatic N) is 1. The summed E-state index contributed by atoms with van der Waals surface area (Å²) in [6.45, 7) is 9.36. The van der Waals surface area contributed by atoms with Crippen molar-refractivity contribution in [3.05, 3.63) is 0 Å². The molecule has 26 heavy (non-hydrogen) atoms. The number of methoxy groups -OCH3 is 1. The van der Waals surface area contributed by atoms with E-state index in [-0.39, 0.29) is 12.4 Å². The maximum Gasteiger partial charge on any atom is 0.305 e. The van der Waals surface area contributed by atoms with Crippen molar-refractivity contribution in [2.75, 3.05) is 14.2 Å². The van der Waals surface area contributed by atoms with Crippen LogP contribution >= 0.6 is 0 Å². The highest BCUT2D eigenvalue weighted by Crippen LogP contribution is 2.36. The first-order chi connectivity index (χ1) is 12.0. The van der Waals surface area contributed by atoms with Crippen LogP contribution in [-0.2, 0) is 14.3 Å². The van der Waals surface area contributed by atoms with E-state index in [1.165, 1.54) is 26.4 Å². The predicted octanol–water partition coefficient (Wildman–Crippen LogP) is 5.02. The molecule has 0 spiro atoms. The van der Waals surface area contributed by atoms with Gasteiger partial charge in [0.2, 0.25) is 0 Å². The molecule has 1 aliphatic heterocycles. The van der Waals surface area contributed by atoms with Crippen molar-refractivity contribution in [3.63, 3.8) is 0 Å². The molecular weight excluding hydrogens is 330 g/mol. The molecular formula is C21H41NO4. The molecule has 0 atom stereocenters. The summed E-state index contributed by atoms with van der Waals surface area (Å²) in [6.07, 6.45) is 10.5. The van der Waals surface area contributed by atoms with Crippen LogP contribution < -0.4 is 0 Å². The van der Waals surface area contributed by atoms with Crippen LogP contribution in [0.4, 0.5) is 0 Å². The van der Waals surface area contributed by atoms with Crippen molar-refractivity contribution in [1.29, 1.82) is 0 Å². The first-order valence-corrected chi connectivity index (χ1v) is 10.1. The minimum absolute atomic E-state index is 0.152. The zero-order valence-electron chi connectivity index (χ0n) is 17.9. The molecule has 1 saturated heterocycles. The summed E-state index contributed by atoms with van der Waals surface area (Å²) in [7, 11) is 3.65. The topological polar surface area (TPSA) is 66.8 Å². The maximum absolute atomic E-state index is 10.7. The van der Waals surface area contributed by atoms with Crippen LogP contribution in [0.2, 0.25) is 0 Å². The number of likely N-dealkylation sites (tertiary alicyclic amines) is 1. The third-order valence-corrected chi connectivity index (χ3v) is 5.64. The van der Waals surface area contributed by atoms with Gasteiger partial charge in [0.05, 0.1) is 7.11 Å². The Morgan fingerprint density at radius 3 is 1.69 bits per heavy atom. The van der Waals surface area contributed by atoms with Crippen LogP contribution in [0.15, 0.2) is 0 Å². The van der Waals surface area contributed by atoms with Gasteiger partial charge in [-0.05, 0) is 66.8 Å². The molecule has 1 aliphatic rings. The highest BCUT2D eigenvalue weighted by atomic mass is 16.5. The van der Waals surface area contributed by atoms with E-state index < -0.39 is 5.97 Å². The average molecular weight is 372 g/mol. The van der Waals surface area contributed by atoms with Crippen molar-refractivity contribution in [2.45, 2.75) is 109 Å². The summed E-state index contributed by atoms with van der Waals surface area (Å²) < 4.78 is 4.52. The van der Waals surface area contributed by atoms with Crippen molar-refractivity contribution >= 4 is 11.9 Å². The normalized spacial score (nSPS) is 18.5. The molecule has 5 heteroatoms. The Kier molecular flexibility index (Phi) is 11.8. The number of ether oxygens (including phenoxy) is 1. The molecule has 0 aromatic rings. The first kappa shape index (κ1) is 24.9. The number of carboxylic acid groups (broad SMARTS) is 1. The van der Waals surface area contributed by atoms with Gasteiger partial charge in [-0.2, -0.15) is 0 Å². The van der Waals surface area contributed by atoms with E-state index in [1.54, 1.807) is 0 Å². The number of rotatable bonds is 9. The van der Waals surface area contributed by atoms with E-state index in [0.717, 1.165) is 38.5 Å². The molecule has 5 nitrogen and oxygen atoms in total. The van der Waals surface area contributed by atoms with E-state index >= 15 is 0 Å². The van der Waals surface area contributed by atoms with Gasteiger partial charge < -0.3 is 9.84 Å². The van der Waals surface area contributed by atoms with E-state index in [2.05, 4.69) is 44.4 Å². The molecule has 0 aromatic carbocycles. The Labute approximate surface area is 160 Å². The fourth-order valence-corrected chi connectivity index (χ4v) is 3.46. The number of carbonyl (C=O) groups excluding carboxylic acids is 1. The van der Waals surface area contributed by atoms with Gasteiger partial charge in [0, 0.05) is 23.9 Å². The van der Waals surface area contributed by atoms with Gasteiger partial charge in [-0.3, -0.25) is 14.5 Å². The van der Waals surface area contributed by atoms with Gasteiger partial charge in [0.25, 0.3) is 0 Å². The quantitative estimate of drug-likeness (QED) is 0.455. The van der Waals surface area contributed by atoms with Crippen molar-refractivity contribution in [3.8, 4) is 0 Å². The third kappa shape index (κ3) is 10.8. The van der Waals surface area contributed by atoms with Crippen LogP contribution in [0.5, 0.6) is 0 Å². The summed E-state index contributed by atoms with van der Waals surface area (Å²) in [6, 6.07) is 0. The smallest absolute Gasteiger partial charge is 0.305 e. The summed E-state index contributed by atoms with van der Waals surface area (Å²) in [5.74, 6) is -0.874. The molecule has 0 aromatic heterocycles. The average Bonchev–Trinajstić information content (AvgIpc) is 2.55. The molecule has 0 saturated carbocycles. The van der Waals surface area contributed by atoms with Gasteiger partial charge >= 0.3 is 11.9 Å². The number of aliphatic carboxylic acids is 1. The van der Waals surface area contributed by atoms with E-state index in [0.29, 0.717) is 17.5 Å². The molecule has 1 fully saturated rings. The lowest BCUT2D eigenvalue weighted by molar-refractivity contribution is -0.141. The number of carboxylic acids is 1. The number of piperidine rings is 1. The Bertz CT molecular complexity index is 402. The predicted molar refractivity (Wildman–Crippen MR) is 106 cm³/mol. The molecule has 1 N–H and O–H groups in total. The fraction of sp³-hybridized carbons (Fsp3) is 0.905. The van der Waals surface area contributed by atoms with Crippen LogP contribution in [0.25, 0.3) is 0 Å². The summed E-state index contributed by atoms with van der Waals surface area (Å²) in [5.41, 5.74) is 0.809. The number of esters is 1. The van der Waals surface area contributed by atoms with Gasteiger partial charge in [-0.1, -0.05) is 25.7 Å². The number of hydrogen-bond acceptors (Lipinski definition) is 4. The Morgan fingerprint density at radius 2 is 1.31 bits per heavy atom. The number of hydrogen-bond donors (Lipinski definition) is 1. The molecule has 0 radical (unpaired) electrons. The maximum atomic E-state index is 10.7. The SMILES string of the molecule is CN1C(C)(C)CCCC1(C)C.COC(=O)CCCCCCCCC(=O)O. The number of carbonyl (C=O) groups is 2. The Hall–Kier alpha value is -1.10. The monoisotopic (exact) mass is 371 g/mol. The number of unbranched alkanes of at least 4 members (excludes halogenated alkanes) is 5. The molecule has 0 unspecified atom stereocenters. The Morgan fingerprint density at radius 1 is 0.885 bits per heavy atom. The molecule has 1 heterocycles. The van der Waals surface area contributed by atoms with Crippen LogP contribution in [0.3, 0.4) is 0 Å². The lowest BCUT2D eigenvalue weighted by atomic mass is 9.80. The highest BCUT2D eigenvalue weighted by molar-refractivity contribution is 5.69. The van der Waals surface area contributed by atoms with Crippen molar-refractivity contribution in [2.24, 2.45) is 0 Å². The second-order valence-corrected chi connectivity index (χ2v) is 8.63. The van der Waals surface area contributed by atoms with E-state index in [9.17, 15) is 9.59 Å². The molecule has 0 amide bonds. The van der Waals surface area contributed by atoms with E-state index in [4.69, 9.17) is 5.11 Å². The second kappa shape index (κ2) is 12.3. The first-order valence-electron chi connectivity index (χ1n) is 10.1. The molecule has 0 bridgehead atoms. The summed E-state index contributed by atoms with van der Waals surface area (Å²) in [4.78, 5) is 23.4. The van der Waals surface area contributed by atoms with Gasteiger partial charge in [0.1, 0.15) is 0 Å². The lowest BCUT2D eigenvalue weighted by Gasteiger charge is -2.50. The zero-order chi connectivity index (χ0) is 20.2. The van der Waals surface area contributed by atoms with Crippen LogP contribution in [-0.4, -0.2) is 47.2 Å². The third-order valence-electron chi connectivity index (χ3n) is 5.64. The molecule has 154 valence electrons. The van der Waals surface area contributed by atoms with Crippen LogP contribution in [0, 0.1) is 0 Å². The molecule has 0 aliphatic carbocycles. The van der Waals surface area contributed by atoms with Gasteiger partial charge in [-0.15, -0.1) is 0 Å². The zero-order valence-corrected chi connectivity index (χ0v) is 17.9.